The van der Waals surface area contributed by atoms with E-state index in [1.54, 1.807) is 6.08 Å². The van der Waals surface area contributed by atoms with E-state index in [1.807, 2.05) is 18.2 Å². The Hall–Kier alpha value is -1.53. The summed E-state index contributed by atoms with van der Waals surface area (Å²) in [6.45, 7) is 0.793. The van der Waals surface area contributed by atoms with Gasteiger partial charge in [0.1, 0.15) is 0 Å². The van der Waals surface area contributed by atoms with E-state index in [-0.39, 0.29) is 18.6 Å². The van der Waals surface area contributed by atoms with Gasteiger partial charge in [-0.25, -0.2) is 8.42 Å². The molecule has 0 aliphatic carbocycles. The first-order chi connectivity index (χ1) is 8.64. The highest BCUT2D eigenvalue weighted by Gasteiger charge is 2.22. The van der Waals surface area contributed by atoms with Crippen LogP contribution in [0, 0.1) is 0 Å². The monoisotopic (exact) mass is 267 g/mol. The molecule has 0 bridgehead atoms. The van der Waals surface area contributed by atoms with E-state index in [1.165, 1.54) is 5.41 Å². The lowest BCUT2D eigenvalue weighted by molar-refractivity contribution is 0.173. The third kappa shape index (κ3) is 2.21. The fourth-order valence-electron chi connectivity index (χ4n) is 2.07. The van der Waals surface area contributed by atoms with Crippen LogP contribution in [0.5, 0.6) is 11.5 Å². The lowest BCUT2D eigenvalue weighted by atomic mass is 10.1. The maximum Gasteiger partial charge on any atom is 0.231 e. The zero-order chi connectivity index (χ0) is 12.6. The molecule has 0 saturated carbocycles. The molecule has 2 aliphatic heterocycles. The Balaban J connectivity index is 1.68. The minimum atomic E-state index is -3.01. The highest BCUT2D eigenvalue weighted by Crippen LogP contribution is 2.35. The highest BCUT2D eigenvalue weighted by molar-refractivity contribution is 7.94. The van der Waals surface area contributed by atoms with Gasteiger partial charge in [-0.1, -0.05) is 18.2 Å². The van der Waals surface area contributed by atoms with Gasteiger partial charge >= 0.3 is 0 Å². The summed E-state index contributed by atoms with van der Waals surface area (Å²) in [6.07, 6.45) is 1.68. The van der Waals surface area contributed by atoms with Crippen LogP contribution in [0.3, 0.4) is 0 Å². The molecule has 0 fully saturated rings. The molecule has 2 aliphatic rings. The molecule has 0 saturated heterocycles. The van der Waals surface area contributed by atoms with Crippen molar-refractivity contribution in [2.24, 2.45) is 0 Å². The lowest BCUT2D eigenvalue weighted by Gasteiger charge is -2.11. The van der Waals surface area contributed by atoms with Crippen molar-refractivity contribution in [3.8, 4) is 11.5 Å². The molecule has 3 rings (SSSR count). The minimum absolute atomic E-state index is 0.124. The minimum Gasteiger partial charge on any atom is -0.454 e. The molecule has 5 nitrogen and oxygen atoms in total. The SMILES string of the molecule is O=S1(=O)C=CC(NCc2cccc3c2OCO3)C1. The Morgan fingerprint density at radius 1 is 1.33 bits per heavy atom. The van der Waals surface area contributed by atoms with E-state index < -0.39 is 9.84 Å². The summed E-state index contributed by atoms with van der Waals surface area (Å²) < 4.78 is 33.2. The number of nitrogens with one attached hydrogen (secondary N) is 1. The van der Waals surface area contributed by atoms with Crippen LogP contribution in [-0.4, -0.2) is 27.0 Å². The molecule has 6 heteroatoms. The van der Waals surface area contributed by atoms with Crippen molar-refractivity contribution in [3.63, 3.8) is 0 Å². The van der Waals surface area contributed by atoms with Crippen molar-refractivity contribution in [1.82, 2.24) is 5.32 Å². The molecule has 1 unspecified atom stereocenters. The Morgan fingerprint density at radius 3 is 3.00 bits per heavy atom. The zero-order valence-electron chi connectivity index (χ0n) is 9.63. The number of para-hydroxylation sites is 1. The highest BCUT2D eigenvalue weighted by atomic mass is 32.2. The van der Waals surface area contributed by atoms with E-state index in [2.05, 4.69) is 5.32 Å². The van der Waals surface area contributed by atoms with Gasteiger partial charge in [-0.05, 0) is 6.07 Å². The summed E-state index contributed by atoms with van der Waals surface area (Å²) >= 11 is 0. The predicted molar refractivity (Wildman–Crippen MR) is 66.1 cm³/mol. The van der Waals surface area contributed by atoms with E-state index >= 15 is 0 Å². The molecule has 2 heterocycles. The first kappa shape index (κ1) is 11.6. The molecule has 1 aromatic rings. The number of hydrogen-bond acceptors (Lipinski definition) is 5. The van der Waals surface area contributed by atoms with Gasteiger partial charge in [-0.15, -0.1) is 0 Å². The van der Waals surface area contributed by atoms with E-state index in [4.69, 9.17) is 9.47 Å². The van der Waals surface area contributed by atoms with Crippen LogP contribution in [0.15, 0.2) is 29.7 Å². The molecule has 1 aromatic carbocycles. The Kier molecular flexibility index (Phi) is 2.76. The smallest absolute Gasteiger partial charge is 0.231 e. The lowest BCUT2D eigenvalue weighted by Crippen LogP contribution is -2.29. The molecular weight excluding hydrogens is 254 g/mol. The number of rotatable bonds is 3. The summed E-state index contributed by atoms with van der Waals surface area (Å²) in [5.74, 6) is 1.61. The van der Waals surface area contributed by atoms with E-state index in [0.29, 0.717) is 6.54 Å². The molecule has 0 radical (unpaired) electrons. The summed E-state index contributed by atoms with van der Waals surface area (Å²) in [4.78, 5) is 0. The quantitative estimate of drug-likeness (QED) is 0.878. The number of sulfone groups is 1. The van der Waals surface area contributed by atoms with Crippen LogP contribution in [0.25, 0.3) is 0 Å². The second-order valence-electron chi connectivity index (χ2n) is 4.30. The largest absolute Gasteiger partial charge is 0.454 e. The van der Waals surface area contributed by atoms with Crippen LogP contribution < -0.4 is 14.8 Å². The van der Waals surface area contributed by atoms with Gasteiger partial charge in [0.2, 0.25) is 6.79 Å². The average Bonchev–Trinajstić information content (AvgIpc) is 2.92. The molecule has 18 heavy (non-hydrogen) atoms. The third-order valence-corrected chi connectivity index (χ3v) is 4.36. The van der Waals surface area contributed by atoms with Crippen molar-refractivity contribution in [2.75, 3.05) is 12.5 Å². The summed E-state index contributed by atoms with van der Waals surface area (Å²) in [5, 5.41) is 4.45. The zero-order valence-corrected chi connectivity index (χ0v) is 10.4. The molecule has 1 atom stereocenters. The van der Waals surface area contributed by atoms with Crippen molar-refractivity contribution < 1.29 is 17.9 Å². The average molecular weight is 267 g/mol. The summed E-state index contributed by atoms with van der Waals surface area (Å²) in [6, 6.07) is 5.55. The maximum atomic E-state index is 11.3. The fraction of sp³-hybridized carbons (Fsp3) is 0.333. The van der Waals surface area contributed by atoms with Gasteiger partial charge in [0, 0.05) is 23.6 Å². The normalized spacial score (nSPS) is 23.4. The van der Waals surface area contributed by atoms with Crippen molar-refractivity contribution >= 4 is 9.84 Å². The topological polar surface area (TPSA) is 64.6 Å². The summed E-state index contributed by atoms with van der Waals surface area (Å²) in [7, 11) is -3.01. The molecule has 0 aromatic heterocycles. The second-order valence-corrected chi connectivity index (χ2v) is 6.23. The van der Waals surface area contributed by atoms with Gasteiger partial charge in [0.25, 0.3) is 0 Å². The Bertz CT molecular complexity index is 594. The predicted octanol–water partition coefficient (Wildman–Crippen LogP) is 0.816. The third-order valence-electron chi connectivity index (χ3n) is 2.96. The van der Waals surface area contributed by atoms with E-state index in [0.717, 1.165) is 17.1 Å². The molecule has 1 N–H and O–H groups in total. The van der Waals surface area contributed by atoms with Crippen LogP contribution >= 0.6 is 0 Å². The van der Waals surface area contributed by atoms with Gasteiger partial charge in [0.15, 0.2) is 21.3 Å². The van der Waals surface area contributed by atoms with Gasteiger partial charge in [0.05, 0.1) is 5.75 Å². The van der Waals surface area contributed by atoms with Gasteiger partial charge in [-0.2, -0.15) is 0 Å². The van der Waals surface area contributed by atoms with Crippen LogP contribution in [-0.2, 0) is 16.4 Å². The molecule has 0 spiro atoms. The second kappa shape index (κ2) is 4.29. The fourth-order valence-corrected chi connectivity index (χ4v) is 3.34. The number of benzene rings is 1. The van der Waals surface area contributed by atoms with Crippen LogP contribution in [0.4, 0.5) is 0 Å². The standard InChI is InChI=1S/C12H13NO4S/c14-18(15)5-4-10(7-18)13-6-9-2-1-3-11-12(9)17-8-16-11/h1-5,10,13H,6-8H2. The van der Waals surface area contributed by atoms with Crippen LogP contribution in [0.1, 0.15) is 5.56 Å². The van der Waals surface area contributed by atoms with Crippen molar-refractivity contribution in [2.45, 2.75) is 12.6 Å². The molecule has 96 valence electrons. The Labute approximate surface area is 105 Å². The van der Waals surface area contributed by atoms with Gasteiger partial charge < -0.3 is 14.8 Å². The number of ether oxygens (including phenoxy) is 2. The molecule has 0 amide bonds. The van der Waals surface area contributed by atoms with Crippen molar-refractivity contribution in [3.05, 3.63) is 35.2 Å². The van der Waals surface area contributed by atoms with Gasteiger partial charge in [-0.3, -0.25) is 0 Å². The summed E-state index contributed by atoms with van der Waals surface area (Å²) in [5.41, 5.74) is 0.975. The first-order valence-corrected chi connectivity index (χ1v) is 7.37. The number of hydrogen-bond donors (Lipinski definition) is 1. The first-order valence-electron chi connectivity index (χ1n) is 5.66. The van der Waals surface area contributed by atoms with Crippen molar-refractivity contribution in [1.29, 1.82) is 0 Å². The maximum absolute atomic E-state index is 11.3. The van der Waals surface area contributed by atoms with E-state index in [9.17, 15) is 8.42 Å². The Morgan fingerprint density at radius 2 is 2.22 bits per heavy atom. The molecular formula is C12H13NO4S. The van der Waals surface area contributed by atoms with Crippen LogP contribution in [0.2, 0.25) is 0 Å². The number of fused-ring (bicyclic) bond motifs is 1.